The van der Waals surface area contributed by atoms with Crippen molar-refractivity contribution in [2.24, 2.45) is 0 Å². The van der Waals surface area contributed by atoms with Crippen molar-refractivity contribution >= 4 is 5.78 Å². The number of benzene rings is 1. The maximum Gasteiger partial charge on any atom is 0.395 e. The van der Waals surface area contributed by atoms with Gasteiger partial charge in [0.25, 0.3) is 0 Å². The van der Waals surface area contributed by atoms with Crippen LogP contribution in [0.3, 0.4) is 0 Å². The molecule has 0 aromatic heterocycles. The summed E-state index contributed by atoms with van der Waals surface area (Å²) in [5, 5.41) is 9.02. The summed E-state index contributed by atoms with van der Waals surface area (Å²) < 4.78 is 35.5. The summed E-state index contributed by atoms with van der Waals surface area (Å²) in [5.41, 5.74) is 0.379. The highest BCUT2D eigenvalue weighted by Crippen LogP contribution is 2.21. The van der Waals surface area contributed by atoms with E-state index in [0.717, 1.165) is 0 Å². The first kappa shape index (κ1) is 11.6. The molecule has 1 aromatic rings. The molecule has 0 radical (unpaired) electrons. The lowest BCUT2D eigenvalue weighted by Crippen LogP contribution is -2.16. The second-order valence-electron chi connectivity index (χ2n) is 3.18. The first-order chi connectivity index (χ1) is 6.87. The minimum Gasteiger partial charge on any atom is -0.508 e. The van der Waals surface area contributed by atoms with Crippen LogP contribution in [-0.2, 0) is 11.2 Å². The molecule has 1 aromatic carbocycles. The number of hydrogen-bond acceptors (Lipinski definition) is 2. The largest absolute Gasteiger partial charge is 0.508 e. The fourth-order valence-electron chi connectivity index (χ4n) is 1.18. The average molecular weight is 218 g/mol. The van der Waals surface area contributed by atoms with Gasteiger partial charge in [0.1, 0.15) is 18.0 Å². The van der Waals surface area contributed by atoms with Gasteiger partial charge in [0, 0.05) is 6.42 Å². The highest BCUT2D eigenvalue weighted by Gasteiger charge is 2.30. The number of rotatable bonds is 3. The zero-order chi connectivity index (χ0) is 11.5. The van der Waals surface area contributed by atoms with Gasteiger partial charge in [-0.05, 0) is 17.7 Å². The van der Waals surface area contributed by atoms with E-state index in [-0.39, 0.29) is 12.2 Å². The number of alkyl halides is 3. The molecule has 0 heterocycles. The van der Waals surface area contributed by atoms with E-state index in [1.165, 1.54) is 24.3 Å². The molecule has 2 nitrogen and oxygen atoms in total. The average Bonchev–Trinajstić information content (AvgIpc) is 1.99. The Kier molecular flexibility index (Phi) is 3.34. The number of hydrogen-bond donors (Lipinski definition) is 1. The van der Waals surface area contributed by atoms with E-state index in [9.17, 15) is 18.0 Å². The Hall–Kier alpha value is -1.52. The van der Waals surface area contributed by atoms with E-state index >= 15 is 0 Å². The number of carbonyl (C=O) groups is 1. The second kappa shape index (κ2) is 4.33. The van der Waals surface area contributed by atoms with Crippen molar-refractivity contribution in [1.29, 1.82) is 0 Å². The van der Waals surface area contributed by atoms with Crippen LogP contribution in [0.15, 0.2) is 24.3 Å². The summed E-state index contributed by atoms with van der Waals surface area (Å²) in [5.74, 6) is -0.972. The van der Waals surface area contributed by atoms with Gasteiger partial charge in [-0.25, -0.2) is 0 Å². The Morgan fingerprint density at radius 3 is 2.53 bits per heavy atom. The number of Topliss-reactive ketones (excluding diaryl/α,β-unsaturated/α-hetero) is 1. The van der Waals surface area contributed by atoms with Gasteiger partial charge < -0.3 is 5.11 Å². The number of ketones is 1. The van der Waals surface area contributed by atoms with E-state index in [1.54, 1.807) is 0 Å². The smallest absolute Gasteiger partial charge is 0.395 e. The van der Waals surface area contributed by atoms with Crippen LogP contribution in [0.2, 0.25) is 0 Å². The molecule has 0 saturated carbocycles. The van der Waals surface area contributed by atoms with Gasteiger partial charge in [-0.3, -0.25) is 4.79 Å². The van der Waals surface area contributed by atoms with Gasteiger partial charge in [-0.1, -0.05) is 12.1 Å². The predicted molar refractivity (Wildman–Crippen MR) is 47.5 cm³/mol. The van der Waals surface area contributed by atoms with Crippen LogP contribution in [0.25, 0.3) is 0 Å². The van der Waals surface area contributed by atoms with Gasteiger partial charge in [-0.2, -0.15) is 13.2 Å². The molecule has 0 saturated heterocycles. The summed E-state index contributed by atoms with van der Waals surface area (Å²) in [7, 11) is 0. The van der Waals surface area contributed by atoms with E-state index in [4.69, 9.17) is 5.11 Å². The maximum atomic E-state index is 11.8. The molecule has 1 rings (SSSR count). The lowest BCUT2D eigenvalue weighted by molar-refractivity contribution is -0.151. The monoisotopic (exact) mass is 218 g/mol. The van der Waals surface area contributed by atoms with Crippen LogP contribution in [0.5, 0.6) is 5.75 Å². The highest BCUT2D eigenvalue weighted by atomic mass is 19.4. The van der Waals surface area contributed by atoms with Gasteiger partial charge in [-0.15, -0.1) is 0 Å². The Balaban J connectivity index is 2.59. The molecular formula is C10H9F3O2. The predicted octanol–water partition coefficient (Wildman–Crippen LogP) is 2.46. The molecule has 0 aliphatic rings. The number of halogens is 3. The van der Waals surface area contributed by atoms with Crippen molar-refractivity contribution < 1.29 is 23.1 Å². The summed E-state index contributed by atoms with van der Waals surface area (Å²) >= 11 is 0. The van der Waals surface area contributed by atoms with Crippen LogP contribution < -0.4 is 0 Å². The van der Waals surface area contributed by atoms with Gasteiger partial charge in [0.15, 0.2) is 0 Å². The van der Waals surface area contributed by atoms with Crippen molar-refractivity contribution in [3.63, 3.8) is 0 Å². The number of aromatic hydroxyl groups is 1. The van der Waals surface area contributed by atoms with E-state index < -0.39 is 18.4 Å². The number of carbonyl (C=O) groups excluding carboxylic acids is 1. The van der Waals surface area contributed by atoms with Gasteiger partial charge >= 0.3 is 6.18 Å². The molecule has 0 aliphatic carbocycles. The maximum absolute atomic E-state index is 11.8. The van der Waals surface area contributed by atoms with E-state index in [0.29, 0.717) is 5.56 Å². The number of phenolic OH excluding ortho intramolecular Hbond substituents is 1. The van der Waals surface area contributed by atoms with Gasteiger partial charge in [0.05, 0.1) is 0 Å². The number of phenols is 1. The molecule has 15 heavy (non-hydrogen) atoms. The molecule has 0 spiro atoms. The van der Waals surface area contributed by atoms with Crippen LogP contribution >= 0.6 is 0 Å². The van der Waals surface area contributed by atoms with Crippen molar-refractivity contribution in [1.82, 2.24) is 0 Å². The Bertz CT molecular complexity index is 358. The van der Waals surface area contributed by atoms with Crippen LogP contribution in [0, 0.1) is 0 Å². The fraction of sp³-hybridized carbons (Fsp3) is 0.300. The molecule has 1 N–H and O–H groups in total. The molecular weight excluding hydrogens is 209 g/mol. The van der Waals surface area contributed by atoms with Crippen molar-refractivity contribution in [2.45, 2.75) is 19.0 Å². The van der Waals surface area contributed by atoms with E-state index in [1.807, 2.05) is 0 Å². The topological polar surface area (TPSA) is 37.3 Å². The fourth-order valence-corrected chi connectivity index (χ4v) is 1.18. The van der Waals surface area contributed by atoms with Crippen LogP contribution in [0.1, 0.15) is 12.0 Å². The first-order valence-corrected chi connectivity index (χ1v) is 4.23. The van der Waals surface area contributed by atoms with E-state index in [2.05, 4.69) is 0 Å². The summed E-state index contributed by atoms with van der Waals surface area (Å²) in [4.78, 5) is 10.9. The standard InChI is InChI=1S/C10H9F3O2/c11-10(12,13)6-9(15)5-7-2-1-3-8(14)4-7/h1-4,14H,5-6H2. The minimum atomic E-state index is -4.46. The third-order valence-corrected chi connectivity index (χ3v) is 1.71. The Labute approximate surface area is 84.3 Å². The summed E-state index contributed by atoms with van der Waals surface area (Å²) in [6.07, 6.45) is -6.20. The van der Waals surface area contributed by atoms with Crippen molar-refractivity contribution in [3.8, 4) is 5.75 Å². The molecule has 82 valence electrons. The molecule has 0 atom stereocenters. The Morgan fingerprint density at radius 1 is 1.33 bits per heavy atom. The quantitative estimate of drug-likeness (QED) is 0.846. The lowest BCUT2D eigenvalue weighted by atomic mass is 10.1. The molecule has 0 fully saturated rings. The molecule has 0 aliphatic heterocycles. The van der Waals surface area contributed by atoms with Crippen LogP contribution in [-0.4, -0.2) is 17.1 Å². The third kappa shape index (κ3) is 4.49. The normalized spacial score (nSPS) is 11.4. The zero-order valence-electron chi connectivity index (χ0n) is 7.71. The SMILES string of the molecule is O=C(Cc1cccc(O)c1)CC(F)(F)F. The van der Waals surface area contributed by atoms with Crippen LogP contribution in [0.4, 0.5) is 13.2 Å². The highest BCUT2D eigenvalue weighted by molar-refractivity contribution is 5.81. The molecule has 0 bridgehead atoms. The zero-order valence-corrected chi connectivity index (χ0v) is 7.71. The lowest BCUT2D eigenvalue weighted by Gasteiger charge is -2.05. The third-order valence-electron chi connectivity index (χ3n) is 1.71. The van der Waals surface area contributed by atoms with Crippen molar-refractivity contribution in [2.75, 3.05) is 0 Å². The molecule has 0 amide bonds. The Morgan fingerprint density at radius 2 is 2.00 bits per heavy atom. The summed E-state index contributed by atoms with van der Waals surface area (Å²) in [6, 6.07) is 5.63. The van der Waals surface area contributed by atoms with Gasteiger partial charge in [0.2, 0.25) is 0 Å². The molecule has 5 heteroatoms. The summed E-state index contributed by atoms with van der Waals surface area (Å²) in [6.45, 7) is 0. The van der Waals surface area contributed by atoms with Crippen molar-refractivity contribution in [3.05, 3.63) is 29.8 Å². The minimum absolute atomic E-state index is 0.0627. The first-order valence-electron chi connectivity index (χ1n) is 4.23. The second-order valence-corrected chi connectivity index (χ2v) is 3.18. The molecule has 0 unspecified atom stereocenters.